The molecule has 1 aliphatic rings. The van der Waals surface area contributed by atoms with Crippen molar-refractivity contribution < 1.29 is 19.7 Å². The average molecular weight is 250 g/mol. The molecule has 0 saturated carbocycles. The molecule has 0 spiro atoms. The van der Waals surface area contributed by atoms with E-state index in [1.165, 1.54) is 0 Å². The summed E-state index contributed by atoms with van der Waals surface area (Å²) < 4.78 is 5.45. The van der Waals surface area contributed by atoms with Crippen molar-refractivity contribution in [2.45, 2.75) is 44.8 Å². The molecular formula is C14H18O4. The van der Waals surface area contributed by atoms with Crippen molar-refractivity contribution in [3.05, 3.63) is 29.3 Å². The summed E-state index contributed by atoms with van der Waals surface area (Å²) in [4.78, 5) is 10.9. The Morgan fingerprint density at radius 1 is 1.56 bits per heavy atom. The number of ether oxygens (including phenoxy) is 1. The van der Waals surface area contributed by atoms with Gasteiger partial charge in [0.1, 0.15) is 5.75 Å². The number of aliphatic hydroxyl groups is 1. The van der Waals surface area contributed by atoms with Gasteiger partial charge in [0, 0.05) is 0 Å². The van der Waals surface area contributed by atoms with E-state index in [0.29, 0.717) is 12.2 Å². The molecule has 0 saturated heterocycles. The van der Waals surface area contributed by atoms with E-state index < -0.39 is 18.2 Å². The van der Waals surface area contributed by atoms with Gasteiger partial charge >= 0.3 is 5.97 Å². The van der Waals surface area contributed by atoms with Crippen molar-refractivity contribution in [2.75, 3.05) is 0 Å². The molecule has 1 aromatic carbocycles. The second-order valence-corrected chi connectivity index (χ2v) is 4.62. The molecule has 2 unspecified atom stereocenters. The number of aliphatic carboxylic acids is 1. The van der Waals surface area contributed by atoms with E-state index in [1.807, 2.05) is 12.1 Å². The van der Waals surface area contributed by atoms with Crippen LogP contribution in [0.3, 0.4) is 0 Å². The summed E-state index contributed by atoms with van der Waals surface area (Å²) in [5, 5.41) is 18.8. The summed E-state index contributed by atoms with van der Waals surface area (Å²) >= 11 is 0. The van der Waals surface area contributed by atoms with Crippen LogP contribution in [0.4, 0.5) is 0 Å². The average Bonchev–Trinajstić information content (AvgIpc) is 2.35. The Hall–Kier alpha value is -1.55. The predicted octanol–water partition coefficient (Wildman–Crippen LogP) is 2.30. The first-order valence-corrected chi connectivity index (χ1v) is 6.32. The zero-order chi connectivity index (χ0) is 13.1. The minimum Gasteiger partial charge on any atom is -0.479 e. The quantitative estimate of drug-likeness (QED) is 0.860. The summed E-state index contributed by atoms with van der Waals surface area (Å²) in [6.07, 6.45) is 1.87. The molecule has 0 heterocycles. The van der Waals surface area contributed by atoms with Gasteiger partial charge in [-0.3, -0.25) is 0 Å². The van der Waals surface area contributed by atoms with Gasteiger partial charge in [-0.15, -0.1) is 0 Å². The molecule has 0 aromatic heterocycles. The fourth-order valence-corrected chi connectivity index (χ4v) is 2.31. The zero-order valence-electron chi connectivity index (χ0n) is 10.4. The van der Waals surface area contributed by atoms with E-state index in [-0.39, 0.29) is 0 Å². The number of benzene rings is 1. The maximum Gasteiger partial charge on any atom is 0.344 e. The normalized spacial score (nSPS) is 20.0. The topological polar surface area (TPSA) is 66.8 Å². The highest BCUT2D eigenvalue weighted by Crippen LogP contribution is 2.32. The van der Waals surface area contributed by atoms with Crippen LogP contribution in [-0.2, 0) is 11.2 Å². The number of rotatable bonds is 4. The van der Waals surface area contributed by atoms with Gasteiger partial charge in [-0.25, -0.2) is 4.79 Å². The van der Waals surface area contributed by atoms with Gasteiger partial charge < -0.3 is 14.9 Å². The van der Waals surface area contributed by atoms with Crippen LogP contribution in [-0.4, -0.2) is 22.3 Å². The standard InChI is InChI=1S/C14H18O4/c1-2-13(14(16)17)18-10-6-7-11-9(8-10)4-3-5-12(11)15/h6-8,12-13,15H,2-5H2,1H3,(H,16,17). The monoisotopic (exact) mass is 250 g/mol. The Labute approximate surface area is 106 Å². The minimum atomic E-state index is -0.949. The maximum atomic E-state index is 10.9. The predicted molar refractivity (Wildman–Crippen MR) is 66.7 cm³/mol. The first kappa shape index (κ1) is 12.9. The number of carboxylic acid groups (broad SMARTS) is 1. The molecule has 1 aromatic rings. The third-order valence-electron chi connectivity index (χ3n) is 3.32. The molecule has 0 aliphatic heterocycles. The van der Waals surface area contributed by atoms with Gasteiger partial charge in [-0.2, -0.15) is 0 Å². The molecule has 1 aliphatic carbocycles. The molecule has 18 heavy (non-hydrogen) atoms. The summed E-state index contributed by atoms with van der Waals surface area (Å²) in [6.45, 7) is 1.78. The van der Waals surface area contributed by atoms with Crippen LogP contribution < -0.4 is 4.74 Å². The molecule has 0 radical (unpaired) electrons. The number of aliphatic hydroxyl groups excluding tert-OH is 1. The molecule has 0 fully saturated rings. The minimum absolute atomic E-state index is 0.399. The van der Waals surface area contributed by atoms with E-state index >= 15 is 0 Å². The second kappa shape index (κ2) is 5.40. The van der Waals surface area contributed by atoms with E-state index in [9.17, 15) is 9.90 Å². The van der Waals surface area contributed by atoms with Crippen molar-refractivity contribution >= 4 is 5.97 Å². The van der Waals surface area contributed by atoms with Gasteiger partial charge in [0.25, 0.3) is 0 Å². The zero-order valence-corrected chi connectivity index (χ0v) is 10.4. The highest BCUT2D eigenvalue weighted by atomic mass is 16.5. The molecule has 4 nitrogen and oxygen atoms in total. The number of hydrogen-bond acceptors (Lipinski definition) is 3. The fraction of sp³-hybridized carbons (Fsp3) is 0.500. The Kier molecular flexibility index (Phi) is 3.87. The first-order valence-electron chi connectivity index (χ1n) is 6.32. The number of hydrogen-bond donors (Lipinski definition) is 2. The molecule has 2 N–H and O–H groups in total. The van der Waals surface area contributed by atoms with Gasteiger partial charge in [-0.05, 0) is 48.9 Å². The van der Waals surface area contributed by atoms with Crippen molar-refractivity contribution in [2.24, 2.45) is 0 Å². The highest BCUT2D eigenvalue weighted by Gasteiger charge is 2.20. The summed E-state index contributed by atoms with van der Waals surface area (Å²) in [7, 11) is 0. The second-order valence-electron chi connectivity index (χ2n) is 4.62. The van der Waals surface area contributed by atoms with Crippen LogP contribution in [0, 0.1) is 0 Å². The Bertz CT molecular complexity index is 441. The Balaban J connectivity index is 2.18. The number of fused-ring (bicyclic) bond motifs is 1. The number of carboxylic acids is 1. The SMILES string of the molecule is CCC(Oc1ccc2c(c1)CCCC2O)C(=O)O. The lowest BCUT2D eigenvalue weighted by molar-refractivity contribution is -0.145. The number of aryl methyl sites for hydroxylation is 1. The molecule has 0 bridgehead atoms. The lowest BCUT2D eigenvalue weighted by Gasteiger charge is -2.22. The molecular weight excluding hydrogens is 232 g/mol. The molecule has 2 atom stereocenters. The van der Waals surface area contributed by atoms with E-state index in [0.717, 1.165) is 30.4 Å². The van der Waals surface area contributed by atoms with Crippen LogP contribution in [0.25, 0.3) is 0 Å². The van der Waals surface area contributed by atoms with Crippen LogP contribution >= 0.6 is 0 Å². The third-order valence-corrected chi connectivity index (χ3v) is 3.32. The van der Waals surface area contributed by atoms with E-state index in [4.69, 9.17) is 9.84 Å². The third kappa shape index (κ3) is 2.64. The lowest BCUT2D eigenvalue weighted by Crippen LogP contribution is -2.26. The van der Waals surface area contributed by atoms with E-state index in [2.05, 4.69) is 0 Å². The maximum absolute atomic E-state index is 10.9. The highest BCUT2D eigenvalue weighted by molar-refractivity contribution is 5.72. The van der Waals surface area contributed by atoms with Gasteiger partial charge in [0.2, 0.25) is 0 Å². The summed E-state index contributed by atoms with van der Waals surface area (Å²) in [6, 6.07) is 5.42. The van der Waals surface area contributed by atoms with Crippen LogP contribution in [0.5, 0.6) is 5.75 Å². The summed E-state index contributed by atoms with van der Waals surface area (Å²) in [5.74, 6) is -0.382. The van der Waals surface area contributed by atoms with Gasteiger partial charge in [-0.1, -0.05) is 13.0 Å². The summed E-state index contributed by atoms with van der Waals surface area (Å²) in [5.41, 5.74) is 2.00. The van der Waals surface area contributed by atoms with Crippen LogP contribution in [0.15, 0.2) is 18.2 Å². The Morgan fingerprint density at radius 2 is 2.33 bits per heavy atom. The molecule has 4 heteroatoms. The van der Waals surface area contributed by atoms with E-state index in [1.54, 1.807) is 13.0 Å². The first-order chi connectivity index (χ1) is 8.61. The van der Waals surface area contributed by atoms with Gasteiger partial charge in [0.05, 0.1) is 6.10 Å². The lowest BCUT2D eigenvalue weighted by atomic mass is 9.89. The Morgan fingerprint density at radius 3 is 3.00 bits per heavy atom. The number of carbonyl (C=O) groups is 1. The largest absolute Gasteiger partial charge is 0.479 e. The van der Waals surface area contributed by atoms with Crippen LogP contribution in [0.1, 0.15) is 43.4 Å². The van der Waals surface area contributed by atoms with Crippen molar-refractivity contribution in [1.29, 1.82) is 0 Å². The molecule has 98 valence electrons. The fourth-order valence-electron chi connectivity index (χ4n) is 2.31. The molecule has 0 amide bonds. The van der Waals surface area contributed by atoms with Crippen molar-refractivity contribution in [3.8, 4) is 5.75 Å². The van der Waals surface area contributed by atoms with Crippen molar-refractivity contribution in [3.63, 3.8) is 0 Å². The molecule has 2 rings (SSSR count). The van der Waals surface area contributed by atoms with Gasteiger partial charge in [0.15, 0.2) is 6.10 Å². The van der Waals surface area contributed by atoms with Crippen molar-refractivity contribution in [1.82, 2.24) is 0 Å². The van der Waals surface area contributed by atoms with Crippen LogP contribution in [0.2, 0.25) is 0 Å². The smallest absolute Gasteiger partial charge is 0.344 e.